The van der Waals surface area contributed by atoms with Gasteiger partial charge in [-0.05, 0) is 103 Å². The van der Waals surface area contributed by atoms with Crippen molar-refractivity contribution in [3.63, 3.8) is 0 Å². The molecule has 2 aromatic heterocycles. The molecule has 0 radical (unpaired) electrons. The quantitative estimate of drug-likeness (QED) is 0.283. The minimum atomic E-state index is 0.954. The average molecular weight is 430 g/mol. The molecule has 3 aromatic carbocycles. The van der Waals surface area contributed by atoms with Crippen molar-refractivity contribution in [3.8, 4) is 22.4 Å². The highest BCUT2D eigenvalue weighted by Gasteiger charge is 2.23. The van der Waals surface area contributed by atoms with E-state index in [1.165, 1.54) is 76.3 Å². The fourth-order valence-corrected chi connectivity index (χ4v) is 6.17. The Labute approximate surface area is 194 Å². The average Bonchev–Trinajstić information content (AvgIpc) is 3.27. The largest absolute Gasteiger partial charge is 0.455 e. The molecule has 0 amide bonds. The zero-order valence-electron chi connectivity index (χ0n) is 18.9. The lowest BCUT2D eigenvalue weighted by molar-refractivity contribution is 0.668. The predicted octanol–water partition coefficient (Wildman–Crippen LogP) is 8.07. The van der Waals surface area contributed by atoms with Gasteiger partial charge in [0, 0.05) is 22.5 Å². The fourth-order valence-electron chi connectivity index (χ4n) is 6.17. The van der Waals surface area contributed by atoms with Crippen LogP contribution in [-0.4, -0.2) is 4.98 Å². The summed E-state index contributed by atoms with van der Waals surface area (Å²) in [6.07, 6.45) is 11.7. The van der Waals surface area contributed by atoms with Gasteiger partial charge in [0.15, 0.2) is 0 Å². The van der Waals surface area contributed by atoms with Crippen LogP contribution in [0.3, 0.4) is 0 Å². The molecule has 2 aliphatic carbocycles. The summed E-state index contributed by atoms with van der Waals surface area (Å²) in [6, 6.07) is 22.1. The van der Waals surface area contributed by atoms with E-state index in [1.54, 1.807) is 0 Å². The van der Waals surface area contributed by atoms with Crippen molar-refractivity contribution in [2.45, 2.75) is 51.4 Å². The zero-order chi connectivity index (χ0) is 21.8. The summed E-state index contributed by atoms with van der Waals surface area (Å²) in [4.78, 5) is 4.90. The Morgan fingerprint density at radius 2 is 1.36 bits per heavy atom. The van der Waals surface area contributed by atoms with E-state index in [4.69, 9.17) is 9.40 Å². The Hall–Kier alpha value is -3.39. The number of benzene rings is 3. The highest BCUT2D eigenvalue weighted by Crippen LogP contribution is 2.44. The van der Waals surface area contributed by atoms with Gasteiger partial charge in [-0.2, -0.15) is 0 Å². The second kappa shape index (κ2) is 7.59. The Morgan fingerprint density at radius 3 is 2.27 bits per heavy atom. The number of pyridine rings is 1. The third kappa shape index (κ3) is 2.97. The van der Waals surface area contributed by atoms with Crippen molar-refractivity contribution >= 4 is 21.9 Å². The topological polar surface area (TPSA) is 26.0 Å². The van der Waals surface area contributed by atoms with Crippen LogP contribution >= 0.6 is 0 Å². The third-order valence-corrected chi connectivity index (χ3v) is 7.74. The first-order chi connectivity index (χ1) is 16.4. The van der Waals surface area contributed by atoms with E-state index >= 15 is 0 Å². The number of rotatable bonds is 2. The van der Waals surface area contributed by atoms with Gasteiger partial charge in [-0.3, -0.25) is 4.98 Å². The van der Waals surface area contributed by atoms with Crippen LogP contribution in [0, 0.1) is 0 Å². The summed E-state index contributed by atoms with van der Waals surface area (Å²) in [7, 11) is 0. The van der Waals surface area contributed by atoms with Crippen LogP contribution < -0.4 is 0 Å². The van der Waals surface area contributed by atoms with Crippen LogP contribution in [0.25, 0.3) is 44.3 Å². The van der Waals surface area contributed by atoms with Crippen LogP contribution in [0.2, 0.25) is 0 Å². The van der Waals surface area contributed by atoms with E-state index < -0.39 is 0 Å². The zero-order valence-corrected chi connectivity index (χ0v) is 18.9. The minimum absolute atomic E-state index is 0.954. The maximum Gasteiger partial charge on any atom is 0.145 e. The molecule has 0 saturated carbocycles. The van der Waals surface area contributed by atoms with Crippen LogP contribution in [0.4, 0.5) is 0 Å². The number of nitrogens with zero attached hydrogens (tertiary/aromatic N) is 1. The van der Waals surface area contributed by atoms with Crippen LogP contribution in [0.5, 0.6) is 0 Å². The van der Waals surface area contributed by atoms with Gasteiger partial charge in [-0.1, -0.05) is 42.5 Å². The number of fused-ring (bicyclic) bond motifs is 5. The maximum atomic E-state index is 6.60. The number of para-hydroxylation sites is 1. The summed E-state index contributed by atoms with van der Waals surface area (Å²) in [5, 5.41) is 2.43. The molecule has 162 valence electrons. The molecule has 2 nitrogen and oxygen atoms in total. The number of hydrogen-bond donors (Lipinski definition) is 0. The van der Waals surface area contributed by atoms with Crippen molar-refractivity contribution < 1.29 is 4.42 Å². The first-order valence-electron chi connectivity index (χ1n) is 12.4. The summed E-state index contributed by atoms with van der Waals surface area (Å²) in [5.41, 5.74) is 12.8. The molecule has 2 heterocycles. The van der Waals surface area contributed by atoms with Crippen LogP contribution in [0.15, 0.2) is 71.3 Å². The Balaban J connectivity index is 1.55. The number of aromatic nitrogens is 1. The molecule has 7 rings (SSSR count). The number of furan rings is 1. The molecule has 0 N–H and O–H groups in total. The van der Waals surface area contributed by atoms with Gasteiger partial charge < -0.3 is 4.42 Å². The fraction of sp³-hybridized carbons (Fsp3) is 0.258. The number of aryl methyl sites for hydroxylation is 2. The summed E-state index contributed by atoms with van der Waals surface area (Å²) < 4.78 is 6.60. The normalized spacial score (nSPS) is 15.5. The third-order valence-electron chi connectivity index (χ3n) is 7.74. The van der Waals surface area contributed by atoms with E-state index in [9.17, 15) is 0 Å². The lowest BCUT2D eigenvalue weighted by atomic mass is 9.84. The molecule has 0 saturated heterocycles. The van der Waals surface area contributed by atoms with E-state index in [2.05, 4.69) is 60.7 Å². The second-order valence-corrected chi connectivity index (χ2v) is 9.62. The molecule has 2 aliphatic rings. The molecule has 33 heavy (non-hydrogen) atoms. The molecule has 5 aromatic rings. The van der Waals surface area contributed by atoms with Gasteiger partial charge in [0.2, 0.25) is 0 Å². The predicted molar refractivity (Wildman–Crippen MR) is 136 cm³/mol. The highest BCUT2D eigenvalue weighted by molar-refractivity contribution is 6.16. The maximum absolute atomic E-state index is 6.60. The minimum Gasteiger partial charge on any atom is -0.455 e. The first kappa shape index (κ1) is 19.1. The molecule has 0 fully saturated rings. The summed E-state index contributed by atoms with van der Waals surface area (Å²) in [5.74, 6) is 0. The molecular weight excluding hydrogens is 402 g/mol. The van der Waals surface area contributed by atoms with Crippen molar-refractivity contribution in [2.24, 2.45) is 0 Å². The van der Waals surface area contributed by atoms with E-state index in [0.29, 0.717) is 0 Å². The van der Waals surface area contributed by atoms with Crippen LogP contribution in [0.1, 0.15) is 47.9 Å². The van der Waals surface area contributed by atoms with E-state index in [-0.39, 0.29) is 0 Å². The summed E-state index contributed by atoms with van der Waals surface area (Å²) in [6.45, 7) is 0. The van der Waals surface area contributed by atoms with Crippen molar-refractivity contribution in [1.29, 1.82) is 0 Å². The Kier molecular flexibility index (Phi) is 4.40. The lowest BCUT2D eigenvalue weighted by Gasteiger charge is -2.21. The van der Waals surface area contributed by atoms with Crippen LogP contribution in [-0.2, 0) is 25.7 Å². The molecule has 0 bridgehead atoms. The monoisotopic (exact) mass is 429 g/mol. The highest BCUT2D eigenvalue weighted by atomic mass is 16.3. The Bertz CT molecular complexity index is 1520. The SMILES string of the molecule is c1cc2c(c(-c3ccc(-c4nccc5c4CCCC5)c4oc5ccccc5c34)c1)CCCC2. The molecule has 0 aliphatic heterocycles. The van der Waals surface area contributed by atoms with Gasteiger partial charge in [0.25, 0.3) is 0 Å². The summed E-state index contributed by atoms with van der Waals surface area (Å²) >= 11 is 0. The van der Waals surface area contributed by atoms with Crippen molar-refractivity contribution in [3.05, 3.63) is 89.1 Å². The van der Waals surface area contributed by atoms with Gasteiger partial charge in [0.1, 0.15) is 11.2 Å². The van der Waals surface area contributed by atoms with Gasteiger partial charge >= 0.3 is 0 Å². The molecule has 0 spiro atoms. The molecular formula is C31H27NO. The van der Waals surface area contributed by atoms with E-state index in [1.807, 2.05) is 6.20 Å². The number of hydrogen-bond acceptors (Lipinski definition) is 2. The van der Waals surface area contributed by atoms with Gasteiger partial charge in [-0.15, -0.1) is 0 Å². The van der Waals surface area contributed by atoms with E-state index in [0.717, 1.165) is 41.7 Å². The molecule has 0 unspecified atom stereocenters. The second-order valence-electron chi connectivity index (χ2n) is 9.62. The van der Waals surface area contributed by atoms with Gasteiger partial charge in [0.05, 0.1) is 5.69 Å². The molecule has 2 heteroatoms. The lowest BCUT2D eigenvalue weighted by Crippen LogP contribution is -2.06. The standard InChI is InChI=1S/C31H27NO/c1-3-11-22-20(8-1)10-7-14-24(22)25-16-17-27(30-23-12-4-2-9-21(23)18-19-32-30)31-29(25)26-13-5-6-15-28(26)33-31/h5-7,10,13-19H,1-4,8-9,11-12H2. The van der Waals surface area contributed by atoms with Crippen molar-refractivity contribution in [2.75, 3.05) is 0 Å². The first-order valence-corrected chi connectivity index (χ1v) is 12.4. The Morgan fingerprint density at radius 1 is 0.606 bits per heavy atom. The molecule has 0 atom stereocenters. The smallest absolute Gasteiger partial charge is 0.145 e. The van der Waals surface area contributed by atoms with Gasteiger partial charge in [-0.25, -0.2) is 0 Å². The van der Waals surface area contributed by atoms with Crippen molar-refractivity contribution in [1.82, 2.24) is 4.98 Å².